The third kappa shape index (κ3) is 3.91. The molecule has 2 nitrogen and oxygen atoms in total. The zero-order valence-electron chi connectivity index (χ0n) is 23.6. The molecule has 0 unspecified atom stereocenters. The summed E-state index contributed by atoms with van der Waals surface area (Å²) in [6, 6.07) is 50.7. The topological polar surface area (TPSA) is 17.8 Å². The molecule has 0 spiro atoms. The first-order valence-corrected chi connectivity index (χ1v) is 14.8. The number of imidazole rings is 1. The van der Waals surface area contributed by atoms with Crippen molar-refractivity contribution in [3.05, 3.63) is 145 Å². The minimum atomic E-state index is 0.946. The summed E-state index contributed by atoms with van der Waals surface area (Å²) in [5, 5.41) is 7.61. The van der Waals surface area contributed by atoms with Gasteiger partial charge in [-0.2, -0.15) is 0 Å². The summed E-state index contributed by atoms with van der Waals surface area (Å²) in [5.41, 5.74) is 8.40. The number of aryl methyl sites for hydroxylation is 1. The Kier molecular flexibility index (Phi) is 5.86. The highest BCUT2D eigenvalue weighted by Crippen LogP contribution is 2.44. The van der Waals surface area contributed by atoms with Gasteiger partial charge in [0.2, 0.25) is 0 Å². The zero-order valence-corrected chi connectivity index (χ0v) is 23.6. The average molecular weight is 539 g/mol. The Balaban J connectivity index is 1.35. The monoisotopic (exact) mass is 538 g/mol. The Morgan fingerprint density at radius 1 is 0.524 bits per heavy atom. The number of hydrogen-bond acceptors (Lipinski definition) is 1. The minimum Gasteiger partial charge on any atom is -0.296 e. The lowest BCUT2D eigenvalue weighted by Crippen LogP contribution is -2.01. The molecule has 0 saturated carbocycles. The van der Waals surface area contributed by atoms with E-state index in [1.165, 1.54) is 54.6 Å². The largest absolute Gasteiger partial charge is 0.296 e. The number of fused-ring (bicyclic) bond motifs is 4. The fourth-order valence-corrected chi connectivity index (χ4v) is 6.63. The van der Waals surface area contributed by atoms with E-state index in [1.807, 2.05) is 0 Å². The smallest absolute Gasteiger partial charge is 0.114 e. The second-order valence-corrected chi connectivity index (χ2v) is 11.1. The summed E-state index contributed by atoms with van der Waals surface area (Å²) in [7, 11) is 0. The molecule has 8 rings (SSSR count). The van der Waals surface area contributed by atoms with Crippen LogP contribution in [0.3, 0.4) is 0 Å². The standard InChI is InChI=1S/C40H30N2/c1-2-11-38-41-36-18-9-10-19-37(36)42(38)31-24-22-28(23-25-31)39-32-14-5-7-16-34(32)40(35-17-8-6-15-33(35)39)30-21-20-27-12-3-4-13-29(27)26-30/h3-10,12-26H,2,11H2,1H3. The fraction of sp³-hybridized carbons (Fsp3) is 0.0750. The first kappa shape index (κ1) is 24.6. The van der Waals surface area contributed by atoms with Crippen LogP contribution in [0.4, 0.5) is 0 Å². The first-order chi connectivity index (χ1) is 20.8. The SMILES string of the molecule is CCCc1nc2ccccc2n1-c1ccc(-c2c3ccccc3c(-c3ccc4ccccc4c3)c3ccccc23)cc1. The zero-order chi connectivity index (χ0) is 28.0. The molecule has 42 heavy (non-hydrogen) atoms. The summed E-state index contributed by atoms with van der Waals surface area (Å²) in [5.74, 6) is 1.11. The van der Waals surface area contributed by atoms with Gasteiger partial charge in [-0.25, -0.2) is 4.98 Å². The second-order valence-electron chi connectivity index (χ2n) is 11.1. The van der Waals surface area contributed by atoms with Crippen LogP contribution in [0.5, 0.6) is 0 Å². The van der Waals surface area contributed by atoms with Gasteiger partial charge in [0.1, 0.15) is 5.82 Å². The van der Waals surface area contributed by atoms with E-state index in [9.17, 15) is 0 Å². The molecule has 0 bridgehead atoms. The number of hydrogen-bond donors (Lipinski definition) is 0. The molecule has 0 aliphatic rings. The molecule has 1 heterocycles. The van der Waals surface area contributed by atoms with Crippen LogP contribution in [0.2, 0.25) is 0 Å². The Labute approximate surface area is 245 Å². The van der Waals surface area contributed by atoms with E-state index in [4.69, 9.17) is 4.98 Å². The number of benzene rings is 7. The van der Waals surface area contributed by atoms with Crippen molar-refractivity contribution in [1.82, 2.24) is 9.55 Å². The van der Waals surface area contributed by atoms with Gasteiger partial charge in [0, 0.05) is 12.1 Å². The maximum atomic E-state index is 4.96. The summed E-state index contributed by atoms with van der Waals surface area (Å²) < 4.78 is 2.32. The maximum absolute atomic E-state index is 4.96. The van der Waals surface area contributed by atoms with Crippen molar-refractivity contribution in [2.45, 2.75) is 19.8 Å². The second kappa shape index (κ2) is 10.0. The highest BCUT2D eigenvalue weighted by molar-refractivity contribution is 6.21. The number of nitrogens with zero attached hydrogens (tertiary/aromatic N) is 2. The van der Waals surface area contributed by atoms with Gasteiger partial charge in [-0.05, 0) is 91.3 Å². The van der Waals surface area contributed by atoms with E-state index in [0.29, 0.717) is 0 Å². The van der Waals surface area contributed by atoms with E-state index in [0.717, 1.165) is 35.4 Å². The predicted molar refractivity (Wildman–Crippen MR) is 178 cm³/mol. The van der Waals surface area contributed by atoms with Crippen molar-refractivity contribution in [2.75, 3.05) is 0 Å². The highest BCUT2D eigenvalue weighted by Gasteiger charge is 2.17. The van der Waals surface area contributed by atoms with E-state index in [-0.39, 0.29) is 0 Å². The molecule has 200 valence electrons. The number of rotatable bonds is 5. The summed E-state index contributed by atoms with van der Waals surface area (Å²) in [6.45, 7) is 2.21. The van der Waals surface area contributed by atoms with E-state index in [2.05, 4.69) is 151 Å². The molecule has 7 aromatic carbocycles. The van der Waals surface area contributed by atoms with Crippen LogP contribution in [0.15, 0.2) is 140 Å². The van der Waals surface area contributed by atoms with Crippen LogP contribution >= 0.6 is 0 Å². The summed E-state index contributed by atoms with van der Waals surface area (Å²) >= 11 is 0. The van der Waals surface area contributed by atoms with Crippen LogP contribution in [0.25, 0.3) is 71.3 Å². The predicted octanol–water partition coefficient (Wildman–Crippen LogP) is 10.8. The van der Waals surface area contributed by atoms with Crippen LogP contribution in [0.1, 0.15) is 19.2 Å². The van der Waals surface area contributed by atoms with Gasteiger partial charge in [0.25, 0.3) is 0 Å². The lowest BCUT2D eigenvalue weighted by molar-refractivity contribution is 0.818. The maximum Gasteiger partial charge on any atom is 0.114 e. The Morgan fingerprint density at radius 2 is 1.07 bits per heavy atom. The third-order valence-corrected chi connectivity index (χ3v) is 8.49. The van der Waals surface area contributed by atoms with Gasteiger partial charge in [0.15, 0.2) is 0 Å². The first-order valence-electron chi connectivity index (χ1n) is 14.8. The molecular weight excluding hydrogens is 508 g/mol. The molecule has 0 fully saturated rings. The van der Waals surface area contributed by atoms with Gasteiger partial charge < -0.3 is 0 Å². The molecule has 1 aromatic heterocycles. The molecule has 0 saturated heterocycles. The lowest BCUT2D eigenvalue weighted by atomic mass is 9.85. The lowest BCUT2D eigenvalue weighted by Gasteiger charge is -2.18. The van der Waals surface area contributed by atoms with Crippen molar-refractivity contribution < 1.29 is 0 Å². The van der Waals surface area contributed by atoms with Gasteiger partial charge >= 0.3 is 0 Å². The van der Waals surface area contributed by atoms with Crippen molar-refractivity contribution in [3.8, 4) is 27.9 Å². The van der Waals surface area contributed by atoms with Gasteiger partial charge in [-0.15, -0.1) is 0 Å². The van der Waals surface area contributed by atoms with Crippen molar-refractivity contribution in [3.63, 3.8) is 0 Å². The Bertz CT molecular complexity index is 2200. The molecule has 0 atom stereocenters. The van der Waals surface area contributed by atoms with Crippen molar-refractivity contribution >= 4 is 43.4 Å². The summed E-state index contributed by atoms with van der Waals surface area (Å²) in [4.78, 5) is 4.96. The molecule has 0 radical (unpaired) electrons. The van der Waals surface area contributed by atoms with Gasteiger partial charge in [-0.1, -0.05) is 116 Å². The molecular formula is C40H30N2. The highest BCUT2D eigenvalue weighted by atomic mass is 15.1. The van der Waals surface area contributed by atoms with Crippen molar-refractivity contribution in [2.24, 2.45) is 0 Å². The molecule has 0 aliphatic heterocycles. The van der Waals surface area contributed by atoms with Gasteiger partial charge in [-0.3, -0.25) is 4.57 Å². The van der Waals surface area contributed by atoms with E-state index >= 15 is 0 Å². The normalized spacial score (nSPS) is 11.6. The van der Waals surface area contributed by atoms with E-state index in [1.54, 1.807) is 0 Å². The average Bonchev–Trinajstić information content (AvgIpc) is 3.41. The molecule has 0 aliphatic carbocycles. The van der Waals surface area contributed by atoms with Crippen LogP contribution < -0.4 is 0 Å². The minimum absolute atomic E-state index is 0.946. The van der Waals surface area contributed by atoms with Gasteiger partial charge in [0.05, 0.1) is 11.0 Å². The molecule has 0 amide bonds. The fourth-order valence-electron chi connectivity index (χ4n) is 6.63. The summed E-state index contributed by atoms with van der Waals surface area (Å²) in [6.07, 6.45) is 2.00. The molecule has 2 heteroatoms. The number of para-hydroxylation sites is 2. The molecule has 8 aromatic rings. The van der Waals surface area contributed by atoms with Crippen LogP contribution in [0, 0.1) is 0 Å². The third-order valence-electron chi connectivity index (χ3n) is 8.49. The Morgan fingerprint density at radius 3 is 1.74 bits per heavy atom. The molecule has 0 N–H and O–H groups in total. The quantitative estimate of drug-likeness (QED) is 0.199. The Hall–Kier alpha value is -5.21. The number of aromatic nitrogens is 2. The van der Waals surface area contributed by atoms with Crippen LogP contribution in [-0.2, 0) is 6.42 Å². The van der Waals surface area contributed by atoms with E-state index < -0.39 is 0 Å². The van der Waals surface area contributed by atoms with Crippen LogP contribution in [-0.4, -0.2) is 9.55 Å². The van der Waals surface area contributed by atoms with Crippen molar-refractivity contribution in [1.29, 1.82) is 0 Å².